The first kappa shape index (κ1) is 12.6. The molecule has 1 aromatic rings. The maximum atomic E-state index is 11.9. The minimum absolute atomic E-state index is 0.138. The van der Waals surface area contributed by atoms with Crippen LogP contribution in [0.1, 0.15) is 25.8 Å². The van der Waals surface area contributed by atoms with E-state index in [1.54, 1.807) is 13.8 Å². The summed E-state index contributed by atoms with van der Waals surface area (Å²) < 4.78 is 0. The molecule has 1 aromatic carbocycles. The molecule has 1 aliphatic heterocycles. The Morgan fingerprint density at radius 2 is 1.83 bits per heavy atom. The van der Waals surface area contributed by atoms with Crippen LogP contribution in [0.25, 0.3) is 0 Å². The van der Waals surface area contributed by atoms with E-state index in [1.165, 1.54) is 10.5 Å². The molecule has 1 heterocycles. The summed E-state index contributed by atoms with van der Waals surface area (Å²) in [5, 5.41) is 2.68. The molecule has 1 N–H and O–H groups in total. The zero-order valence-corrected chi connectivity index (χ0v) is 10.8. The topological polar surface area (TPSA) is 49.4 Å². The van der Waals surface area contributed by atoms with Crippen LogP contribution in [-0.4, -0.2) is 28.9 Å². The maximum Gasteiger partial charge on any atom is 0.325 e. The second kappa shape index (κ2) is 4.80. The summed E-state index contributed by atoms with van der Waals surface area (Å²) in [7, 11) is 0. The Kier molecular flexibility index (Phi) is 3.36. The Morgan fingerprint density at radius 1 is 1.17 bits per heavy atom. The van der Waals surface area contributed by atoms with Gasteiger partial charge in [0.2, 0.25) is 0 Å². The third kappa shape index (κ3) is 2.53. The number of hydrogen-bond donors (Lipinski definition) is 1. The summed E-state index contributed by atoms with van der Waals surface area (Å²) in [6.45, 7) is 3.93. The number of imide groups is 1. The van der Waals surface area contributed by atoms with E-state index in [0.29, 0.717) is 6.54 Å². The van der Waals surface area contributed by atoms with Crippen LogP contribution in [0.15, 0.2) is 30.3 Å². The van der Waals surface area contributed by atoms with Gasteiger partial charge < -0.3 is 5.32 Å². The molecule has 3 amide bonds. The molecule has 0 atom stereocenters. The molecule has 1 aliphatic rings. The van der Waals surface area contributed by atoms with Crippen molar-refractivity contribution in [2.75, 3.05) is 6.54 Å². The lowest BCUT2D eigenvalue weighted by molar-refractivity contribution is -0.130. The van der Waals surface area contributed by atoms with Crippen molar-refractivity contribution in [1.29, 1.82) is 0 Å². The summed E-state index contributed by atoms with van der Waals surface area (Å²) in [4.78, 5) is 24.9. The van der Waals surface area contributed by atoms with E-state index in [-0.39, 0.29) is 11.9 Å². The van der Waals surface area contributed by atoms with Gasteiger partial charge in [0, 0.05) is 6.54 Å². The molecule has 96 valence electrons. The van der Waals surface area contributed by atoms with Gasteiger partial charge in [-0.1, -0.05) is 30.3 Å². The SMILES string of the molecule is CC1(C)NC(=O)N(CCCc2ccccc2)C1=O. The van der Waals surface area contributed by atoms with Gasteiger partial charge in [-0.25, -0.2) is 4.79 Å². The minimum atomic E-state index is -0.760. The highest BCUT2D eigenvalue weighted by Gasteiger charge is 2.43. The Morgan fingerprint density at radius 3 is 2.39 bits per heavy atom. The van der Waals surface area contributed by atoms with Crippen LogP contribution in [-0.2, 0) is 11.2 Å². The molecule has 0 bridgehead atoms. The number of hydrogen-bond acceptors (Lipinski definition) is 2. The Bertz CT molecular complexity index is 454. The number of amides is 3. The van der Waals surface area contributed by atoms with Crippen LogP contribution in [0.5, 0.6) is 0 Å². The summed E-state index contributed by atoms with van der Waals surface area (Å²) in [5.41, 5.74) is 0.466. The highest BCUT2D eigenvalue weighted by atomic mass is 16.2. The first-order valence-corrected chi connectivity index (χ1v) is 6.19. The van der Waals surface area contributed by atoms with Gasteiger partial charge in [-0.15, -0.1) is 0 Å². The summed E-state index contributed by atoms with van der Waals surface area (Å²) in [5.74, 6) is -0.138. The van der Waals surface area contributed by atoms with Crippen molar-refractivity contribution in [1.82, 2.24) is 10.2 Å². The van der Waals surface area contributed by atoms with Crippen LogP contribution >= 0.6 is 0 Å². The lowest BCUT2D eigenvalue weighted by atomic mass is 10.1. The lowest BCUT2D eigenvalue weighted by Gasteiger charge is -2.15. The largest absolute Gasteiger partial charge is 0.325 e. The number of carbonyl (C=O) groups excluding carboxylic acids is 2. The van der Waals surface area contributed by atoms with Crippen LogP contribution < -0.4 is 5.32 Å². The van der Waals surface area contributed by atoms with E-state index in [9.17, 15) is 9.59 Å². The Hall–Kier alpha value is -1.84. The molecule has 1 fully saturated rings. The number of nitrogens with zero attached hydrogens (tertiary/aromatic N) is 1. The summed E-state index contributed by atoms with van der Waals surface area (Å²) in [6, 6.07) is 9.78. The van der Waals surface area contributed by atoms with Crippen LogP contribution in [0, 0.1) is 0 Å². The van der Waals surface area contributed by atoms with Crippen molar-refractivity contribution in [2.24, 2.45) is 0 Å². The second-order valence-electron chi connectivity index (χ2n) is 5.10. The maximum absolute atomic E-state index is 11.9. The van der Waals surface area contributed by atoms with Gasteiger partial charge in [-0.05, 0) is 32.3 Å². The molecular weight excluding hydrogens is 228 g/mol. The molecule has 2 rings (SSSR count). The van der Waals surface area contributed by atoms with E-state index in [2.05, 4.69) is 17.4 Å². The van der Waals surface area contributed by atoms with Crippen LogP contribution in [0.2, 0.25) is 0 Å². The summed E-state index contributed by atoms with van der Waals surface area (Å²) >= 11 is 0. The monoisotopic (exact) mass is 246 g/mol. The minimum Gasteiger partial charge on any atom is -0.324 e. The molecule has 0 aromatic heterocycles. The first-order chi connectivity index (χ1) is 8.50. The normalized spacial score (nSPS) is 18.0. The van der Waals surface area contributed by atoms with Crippen LogP contribution in [0.3, 0.4) is 0 Å². The van der Waals surface area contributed by atoms with Gasteiger partial charge in [0.05, 0.1) is 0 Å². The van der Waals surface area contributed by atoms with E-state index < -0.39 is 5.54 Å². The van der Waals surface area contributed by atoms with Gasteiger partial charge in [-0.3, -0.25) is 9.69 Å². The predicted octanol–water partition coefficient (Wildman–Crippen LogP) is 1.95. The molecule has 4 heteroatoms. The molecular formula is C14H18N2O2. The van der Waals surface area contributed by atoms with Crippen molar-refractivity contribution in [3.8, 4) is 0 Å². The highest BCUT2D eigenvalue weighted by molar-refractivity contribution is 6.06. The van der Waals surface area contributed by atoms with Crippen molar-refractivity contribution in [2.45, 2.75) is 32.2 Å². The van der Waals surface area contributed by atoms with Gasteiger partial charge in [0.1, 0.15) is 5.54 Å². The smallest absolute Gasteiger partial charge is 0.324 e. The summed E-state index contributed by atoms with van der Waals surface area (Å²) in [6.07, 6.45) is 1.66. The van der Waals surface area contributed by atoms with Crippen LogP contribution in [0.4, 0.5) is 4.79 Å². The molecule has 0 radical (unpaired) electrons. The zero-order chi connectivity index (χ0) is 13.2. The van der Waals surface area contributed by atoms with E-state index in [0.717, 1.165) is 12.8 Å². The molecule has 0 aliphatic carbocycles. The fourth-order valence-corrected chi connectivity index (χ4v) is 2.11. The first-order valence-electron chi connectivity index (χ1n) is 6.19. The standard InChI is InChI=1S/C14H18N2O2/c1-14(2)12(17)16(13(18)15-14)10-6-9-11-7-4-3-5-8-11/h3-5,7-8H,6,9-10H2,1-2H3,(H,15,18). The third-order valence-electron chi connectivity index (χ3n) is 3.13. The number of aryl methyl sites for hydroxylation is 1. The van der Waals surface area contributed by atoms with Crippen molar-refractivity contribution in [3.63, 3.8) is 0 Å². The number of urea groups is 1. The Balaban J connectivity index is 1.88. The Labute approximate surface area is 107 Å². The predicted molar refractivity (Wildman–Crippen MR) is 69.1 cm³/mol. The quantitative estimate of drug-likeness (QED) is 0.825. The molecule has 1 saturated heterocycles. The third-order valence-corrected chi connectivity index (χ3v) is 3.13. The molecule has 0 unspecified atom stereocenters. The van der Waals surface area contributed by atoms with Crippen molar-refractivity contribution < 1.29 is 9.59 Å². The number of nitrogens with one attached hydrogen (secondary N) is 1. The van der Waals surface area contributed by atoms with Gasteiger partial charge >= 0.3 is 6.03 Å². The number of carbonyl (C=O) groups is 2. The number of rotatable bonds is 4. The van der Waals surface area contributed by atoms with Gasteiger partial charge in [0.15, 0.2) is 0 Å². The number of benzene rings is 1. The van der Waals surface area contributed by atoms with Gasteiger partial charge in [-0.2, -0.15) is 0 Å². The average Bonchev–Trinajstić information content (AvgIpc) is 2.52. The van der Waals surface area contributed by atoms with E-state index >= 15 is 0 Å². The van der Waals surface area contributed by atoms with Gasteiger partial charge in [0.25, 0.3) is 5.91 Å². The van der Waals surface area contributed by atoms with E-state index in [4.69, 9.17) is 0 Å². The van der Waals surface area contributed by atoms with Crippen molar-refractivity contribution >= 4 is 11.9 Å². The lowest BCUT2D eigenvalue weighted by Crippen LogP contribution is -2.40. The molecule has 4 nitrogen and oxygen atoms in total. The van der Waals surface area contributed by atoms with Crippen molar-refractivity contribution in [3.05, 3.63) is 35.9 Å². The highest BCUT2D eigenvalue weighted by Crippen LogP contribution is 2.17. The fourth-order valence-electron chi connectivity index (χ4n) is 2.11. The molecule has 0 saturated carbocycles. The average molecular weight is 246 g/mol. The second-order valence-corrected chi connectivity index (χ2v) is 5.10. The molecule has 18 heavy (non-hydrogen) atoms. The van der Waals surface area contributed by atoms with E-state index in [1.807, 2.05) is 18.2 Å². The zero-order valence-electron chi connectivity index (χ0n) is 10.8. The molecule has 0 spiro atoms. The fraction of sp³-hybridized carbons (Fsp3) is 0.429.